The summed E-state index contributed by atoms with van der Waals surface area (Å²) < 4.78 is 0. The van der Waals surface area contributed by atoms with E-state index < -0.39 is 5.97 Å². The zero-order chi connectivity index (χ0) is 12.0. The Bertz CT molecular complexity index is 320. The lowest BCUT2D eigenvalue weighted by atomic mass is 10.1. The highest BCUT2D eigenvalue weighted by Crippen LogP contribution is 2.25. The van der Waals surface area contributed by atoms with Gasteiger partial charge in [-0.25, -0.2) is 0 Å². The Labute approximate surface area is 95.0 Å². The molecule has 1 amide bonds. The molecule has 0 aliphatic heterocycles. The Balaban J connectivity index is 2.34. The molecule has 0 radical (unpaired) electrons. The number of carbonyl (C=O) groups excluding carboxylic acids is 1. The summed E-state index contributed by atoms with van der Waals surface area (Å²) in [5.41, 5.74) is 0. The summed E-state index contributed by atoms with van der Waals surface area (Å²) in [7, 11) is 0. The van der Waals surface area contributed by atoms with Gasteiger partial charge in [0.1, 0.15) is 0 Å². The van der Waals surface area contributed by atoms with Crippen molar-refractivity contribution >= 4 is 11.9 Å². The fourth-order valence-electron chi connectivity index (χ4n) is 1.84. The monoisotopic (exact) mass is 223 g/mol. The Kier molecular flexibility index (Phi) is 4.76. The van der Waals surface area contributed by atoms with Crippen molar-refractivity contribution in [3.8, 4) is 0 Å². The summed E-state index contributed by atoms with van der Waals surface area (Å²) in [6.07, 6.45) is 8.67. The Morgan fingerprint density at radius 1 is 1.31 bits per heavy atom. The molecule has 0 spiro atoms. The third kappa shape index (κ3) is 3.88. The van der Waals surface area contributed by atoms with Crippen molar-refractivity contribution in [2.75, 3.05) is 0 Å². The summed E-state index contributed by atoms with van der Waals surface area (Å²) in [5.74, 6) is -1.22. The number of amides is 1. The largest absolute Gasteiger partial charge is 0.481 e. The topological polar surface area (TPSA) is 66.4 Å². The van der Waals surface area contributed by atoms with E-state index in [0.717, 1.165) is 6.42 Å². The van der Waals surface area contributed by atoms with E-state index in [-0.39, 0.29) is 17.9 Å². The Hall–Kier alpha value is -1.58. The van der Waals surface area contributed by atoms with E-state index >= 15 is 0 Å². The van der Waals surface area contributed by atoms with Gasteiger partial charge in [-0.1, -0.05) is 18.2 Å². The Morgan fingerprint density at radius 2 is 2.06 bits per heavy atom. The van der Waals surface area contributed by atoms with Gasteiger partial charge in [0.05, 0.1) is 5.92 Å². The second-order valence-corrected chi connectivity index (χ2v) is 3.94. The highest BCUT2D eigenvalue weighted by atomic mass is 16.4. The van der Waals surface area contributed by atoms with E-state index in [9.17, 15) is 9.59 Å². The molecule has 88 valence electrons. The lowest BCUT2D eigenvalue weighted by Gasteiger charge is -2.09. The number of nitrogens with one attached hydrogen (secondary N) is 1. The van der Waals surface area contributed by atoms with Crippen LogP contribution in [0.2, 0.25) is 0 Å². The SMILES string of the molecule is C/C=C/C=C/C(=O)N[C@@H]1CC[C@@H](C(=O)O)C1. The minimum absolute atomic E-state index is 0.00357. The van der Waals surface area contributed by atoms with Crippen molar-refractivity contribution < 1.29 is 14.7 Å². The molecule has 2 N–H and O–H groups in total. The summed E-state index contributed by atoms with van der Waals surface area (Å²) in [6.45, 7) is 1.87. The molecule has 4 heteroatoms. The number of rotatable bonds is 4. The van der Waals surface area contributed by atoms with E-state index in [2.05, 4.69) is 5.32 Å². The van der Waals surface area contributed by atoms with Crippen LogP contribution in [0.5, 0.6) is 0 Å². The maximum atomic E-state index is 11.4. The average molecular weight is 223 g/mol. The van der Waals surface area contributed by atoms with Gasteiger partial charge < -0.3 is 10.4 Å². The van der Waals surface area contributed by atoms with Gasteiger partial charge in [-0.2, -0.15) is 0 Å². The fraction of sp³-hybridized carbons (Fsp3) is 0.500. The molecule has 0 aromatic rings. The van der Waals surface area contributed by atoms with Crippen LogP contribution in [0.4, 0.5) is 0 Å². The van der Waals surface area contributed by atoms with Gasteiger partial charge in [-0.3, -0.25) is 9.59 Å². The van der Waals surface area contributed by atoms with E-state index in [1.54, 1.807) is 12.2 Å². The second kappa shape index (κ2) is 6.10. The molecular weight excluding hydrogens is 206 g/mol. The van der Waals surface area contributed by atoms with Crippen molar-refractivity contribution in [1.29, 1.82) is 0 Å². The van der Waals surface area contributed by atoms with Gasteiger partial charge in [0.15, 0.2) is 0 Å². The second-order valence-electron chi connectivity index (χ2n) is 3.94. The molecule has 0 saturated heterocycles. The average Bonchev–Trinajstić information content (AvgIpc) is 2.66. The molecule has 1 rings (SSSR count). The third-order valence-electron chi connectivity index (χ3n) is 2.68. The van der Waals surface area contributed by atoms with E-state index in [4.69, 9.17) is 5.11 Å². The van der Waals surface area contributed by atoms with E-state index in [1.165, 1.54) is 6.08 Å². The number of allylic oxidation sites excluding steroid dienone is 3. The third-order valence-corrected chi connectivity index (χ3v) is 2.68. The maximum Gasteiger partial charge on any atom is 0.306 e. The molecule has 1 aliphatic rings. The van der Waals surface area contributed by atoms with Crippen LogP contribution in [0.25, 0.3) is 0 Å². The number of hydrogen-bond acceptors (Lipinski definition) is 2. The van der Waals surface area contributed by atoms with Gasteiger partial charge in [-0.05, 0) is 26.2 Å². The minimum atomic E-state index is -0.763. The minimum Gasteiger partial charge on any atom is -0.481 e. The van der Waals surface area contributed by atoms with Crippen molar-refractivity contribution in [2.45, 2.75) is 32.2 Å². The van der Waals surface area contributed by atoms with Crippen LogP contribution in [0.3, 0.4) is 0 Å². The first-order valence-electron chi connectivity index (χ1n) is 5.46. The van der Waals surface area contributed by atoms with E-state index in [0.29, 0.717) is 12.8 Å². The zero-order valence-electron chi connectivity index (χ0n) is 9.35. The maximum absolute atomic E-state index is 11.4. The van der Waals surface area contributed by atoms with Crippen LogP contribution in [0.15, 0.2) is 24.3 Å². The number of aliphatic carboxylic acids is 1. The standard InChI is InChI=1S/C12H17NO3/c1-2-3-4-5-11(14)13-10-7-6-9(8-10)12(15)16/h2-5,9-10H,6-8H2,1H3,(H,13,14)(H,15,16)/b3-2+,5-4+/t9-,10-/m1/s1. The first-order chi connectivity index (χ1) is 7.63. The molecule has 0 unspecified atom stereocenters. The molecule has 1 saturated carbocycles. The molecule has 0 heterocycles. The summed E-state index contributed by atoms with van der Waals surface area (Å²) in [5, 5.41) is 11.6. The van der Waals surface area contributed by atoms with Gasteiger partial charge in [-0.15, -0.1) is 0 Å². The molecule has 16 heavy (non-hydrogen) atoms. The molecule has 4 nitrogen and oxygen atoms in total. The van der Waals surface area contributed by atoms with Crippen LogP contribution < -0.4 is 5.32 Å². The summed E-state index contributed by atoms with van der Waals surface area (Å²) in [6, 6.07) is 0.00357. The molecule has 2 atom stereocenters. The molecule has 1 aliphatic carbocycles. The number of carboxylic acid groups (broad SMARTS) is 1. The van der Waals surface area contributed by atoms with Gasteiger partial charge in [0.2, 0.25) is 5.91 Å². The lowest BCUT2D eigenvalue weighted by molar-refractivity contribution is -0.141. The first kappa shape index (κ1) is 12.5. The Morgan fingerprint density at radius 3 is 2.62 bits per heavy atom. The van der Waals surface area contributed by atoms with Crippen molar-refractivity contribution in [3.05, 3.63) is 24.3 Å². The van der Waals surface area contributed by atoms with Gasteiger partial charge in [0, 0.05) is 12.1 Å². The van der Waals surface area contributed by atoms with Crippen LogP contribution in [-0.2, 0) is 9.59 Å². The predicted octanol–water partition coefficient (Wildman–Crippen LogP) is 1.49. The van der Waals surface area contributed by atoms with Crippen molar-refractivity contribution in [3.63, 3.8) is 0 Å². The number of carbonyl (C=O) groups is 2. The predicted molar refractivity (Wildman–Crippen MR) is 60.9 cm³/mol. The highest BCUT2D eigenvalue weighted by Gasteiger charge is 2.29. The van der Waals surface area contributed by atoms with Gasteiger partial charge in [0.25, 0.3) is 0 Å². The molecule has 0 aromatic carbocycles. The van der Waals surface area contributed by atoms with Crippen molar-refractivity contribution in [2.24, 2.45) is 5.92 Å². The van der Waals surface area contributed by atoms with Crippen LogP contribution in [0, 0.1) is 5.92 Å². The van der Waals surface area contributed by atoms with Crippen LogP contribution >= 0.6 is 0 Å². The molecular formula is C12H17NO3. The smallest absolute Gasteiger partial charge is 0.306 e. The molecule has 0 bridgehead atoms. The first-order valence-corrected chi connectivity index (χ1v) is 5.46. The van der Waals surface area contributed by atoms with E-state index in [1.807, 2.05) is 13.0 Å². The van der Waals surface area contributed by atoms with Crippen LogP contribution in [-0.4, -0.2) is 23.0 Å². The summed E-state index contributed by atoms with van der Waals surface area (Å²) >= 11 is 0. The highest BCUT2D eigenvalue weighted by molar-refractivity contribution is 5.88. The number of hydrogen-bond donors (Lipinski definition) is 2. The molecule has 1 fully saturated rings. The summed E-state index contributed by atoms with van der Waals surface area (Å²) in [4.78, 5) is 22.1. The quantitative estimate of drug-likeness (QED) is 0.560. The normalized spacial score (nSPS) is 25.3. The lowest BCUT2D eigenvalue weighted by Crippen LogP contribution is -2.31. The fourth-order valence-corrected chi connectivity index (χ4v) is 1.84. The van der Waals surface area contributed by atoms with Crippen LogP contribution in [0.1, 0.15) is 26.2 Å². The van der Waals surface area contributed by atoms with Gasteiger partial charge >= 0.3 is 5.97 Å². The van der Waals surface area contributed by atoms with Crippen molar-refractivity contribution in [1.82, 2.24) is 5.32 Å². The number of carboxylic acids is 1. The zero-order valence-corrected chi connectivity index (χ0v) is 9.35. The molecule has 0 aromatic heterocycles.